The van der Waals surface area contributed by atoms with Gasteiger partial charge in [-0.25, -0.2) is 0 Å². The predicted molar refractivity (Wildman–Crippen MR) is 82.3 cm³/mol. The van der Waals surface area contributed by atoms with Crippen molar-refractivity contribution in [3.8, 4) is 0 Å². The van der Waals surface area contributed by atoms with Crippen LogP contribution in [0, 0.1) is 5.92 Å². The topological polar surface area (TPSA) is 54.5 Å². The van der Waals surface area contributed by atoms with Crippen molar-refractivity contribution < 1.29 is 14.4 Å². The Bertz CT molecular complexity index is 277. The molecule has 118 valence electrons. The number of rotatable bonds is 7. The fourth-order valence-electron chi connectivity index (χ4n) is 1.98. The highest BCUT2D eigenvalue weighted by Crippen LogP contribution is 2.22. The van der Waals surface area contributed by atoms with E-state index in [1.165, 1.54) is 4.90 Å². The molecule has 4 heteroatoms. The molecule has 1 unspecified atom stereocenters. The minimum Gasteiger partial charge on any atom is -0.303 e. The molecule has 20 heavy (non-hydrogen) atoms. The Labute approximate surface area is 123 Å². The zero-order valence-electron chi connectivity index (χ0n) is 13.8. The molecule has 1 saturated heterocycles. The lowest BCUT2D eigenvalue weighted by Gasteiger charge is -2.14. The SMILES string of the molecule is CC.CC.CCC1CC(=O)N(CCCCCC=O)C1=O. The van der Waals surface area contributed by atoms with Crippen molar-refractivity contribution in [2.45, 2.75) is 73.1 Å². The number of hydrogen-bond donors (Lipinski definition) is 0. The molecule has 1 atom stereocenters. The van der Waals surface area contributed by atoms with Crippen LogP contribution in [-0.4, -0.2) is 29.5 Å². The maximum Gasteiger partial charge on any atom is 0.232 e. The van der Waals surface area contributed by atoms with Crippen molar-refractivity contribution in [1.29, 1.82) is 0 Å². The summed E-state index contributed by atoms with van der Waals surface area (Å²) in [6, 6.07) is 0. The van der Waals surface area contributed by atoms with E-state index >= 15 is 0 Å². The second kappa shape index (κ2) is 14.2. The van der Waals surface area contributed by atoms with Crippen LogP contribution in [0.1, 0.15) is 73.1 Å². The number of carbonyl (C=O) groups is 3. The number of likely N-dealkylation sites (tertiary alicyclic amines) is 1. The summed E-state index contributed by atoms with van der Waals surface area (Å²) in [6.07, 6.45) is 5.14. The van der Waals surface area contributed by atoms with E-state index in [4.69, 9.17) is 0 Å². The van der Waals surface area contributed by atoms with Crippen molar-refractivity contribution in [2.75, 3.05) is 6.54 Å². The van der Waals surface area contributed by atoms with Gasteiger partial charge in [-0.3, -0.25) is 14.5 Å². The van der Waals surface area contributed by atoms with Gasteiger partial charge in [0, 0.05) is 25.3 Å². The molecule has 0 aliphatic carbocycles. The molecule has 1 fully saturated rings. The zero-order chi connectivity index (χ0) is 16.0. The fraction of sp³-hybridized carbons (Fsp3) is 0.812. The van der Waals surface area contributed by atoms with Gasteiger partial charge in [0.2, 0.25) is 11.8 Å². The molecule has 1 aliphatic rings. The van der Waals surface area contributed by atoms with Crippen LogP contribution in [0.5, 0.6) is 0 Å². The first-order valence-electron chi connectivity index (χ1n) is 7.98. The minimum atomic E-state index is -0.0949. The third kappa shape index (κ3) is 7.41. The molecule has 0 aromatic rings. The van der Waals surface area contributed by atoms with Gasteiger partial charge in [-0.1, -0.05) is 41.0 Å². The molecular formula is C16H31NO3. The second-order valence-electron chi connectivity index (χ2n) is 4.21. The molecule has 1 heterocycles. The second-order valence-corrected chi connectivity index (χ2v) is 4.21. The summed E-state index contributed by atoms with van der Waals surface area (Å²) in [7, 11) is 0. The van der Waals surface area contributed by atoms with Crippen LogP contribution in [0.3, 0.4) is 0 Å². The molecule has 4 nitrogen and oxygen atoms in total. The van der Waals surface area contributed by atoms with Gasteiger partial charge in [0.15, 0.2) is 0 Å². The van der Waals surface area contributed by atoms with Crippen molar-refractivity contribution in [2.24, 2.45) is 5.92 Å². The number of unbranched alkanes of at least 4 members (excludes halogenated alkanes) is 3. The summed E-state index contributed by atoms with van der Waals surface area (Å²) >= 11 is 0. The van der Waals surface area contributed by atoms with E-state index in [0.29, 0.717) is 19.4 Å². The van der Waals surface area contributed by atoms with Gasteiger partial charge in [-0.2, -0.15) is 0 Å². The average Bonchev–Trinajstić information content (AvgIpc) is 2.78. The Morgan fingerprint density at radius 2 is 1.70 bits per heavy atom. The van der Waals surface area contributed by atoms with E-state index in [1.54, 1.807) is 0 Å². The molecule has 0 aromatic heterocycles. The van der Waals surface area contributed by atoms with Crippen LogP contribution in [0.4, 0.5) is 0 Å². The molecule has 2 amide bonds. The molecule has 0 radical (unpaired) electrons. The highest BCUT2D eigenvalue weighted by Gasteiger charge is 2.36. The Balaban J connectivity index is 0. The molecule has 0 N–H and O–H groups in total. The van der Waals surface area contributed by atoms with Gasteiger partial charge in [0.1, 0.15) is 6.29 Å². The number of imide groups is 1. The van der Waals surface area contributed by atoms with Crippen LogP contribution in [0.25, 0.3) is 0 Å². The highest BCUT2D eigenvalue weighted by atomic mass is 16.2. The molecule has 0 aromatic carbocycles. The number of carbonyl (C=O) groups excluding carboxylic acids is 3. The van der Waals surface area contributed by atoms with Crippen molar-refractivity contribution in [3.05, 3.63) is 0 Å². The minimum absolute atomic E-state index is 0.0112. The van der Waals surface area contributed by atoms with E-state index in [-0.39, 0.29) is 17.7 Å². The normalized spacial score (nSPS) is 17.1. The standard InChI is InChI=1S/C12H19NO3.2C2H6/c1-2-10-9-11(15)13(12(10)16)7-5-3-4-6-8-14;2*1-2/h8,10H,2-7,9H2,1H3;2*1-2H3. The van der Waals surface area contributed by atoms with E-state index < -0.39 is 0 Å². The summed E-state index contributed by atoms with van der Waals surface area (Å²) in [6.45, 7) is 10.5. The average molecular weight is 285 g/mol. The number of amides is 2. The summed E-state index contributed by atoms with van der Waals surface area (Å²) in [4.78, 5) is 34.7. The van der Waals surface area contributed by atoms with Crippen LogP contribution in [0.15, 0.2) is 0 Å². The Hall–Kier alpha value is -1.19. The van der Waals surface area contributed by atoms with E-state index in [1.807, 2.05) is 34.6 Å². The summed E-state index contributed by atoms with van der Waals surface area (Å²) < 4.78 is 0. The molecule has 1 aliphatic heterocycles. The smallest absolute Gasteiger partial charge is 0.232 e. The highest BCUT2D eigenvalue weighted by molar-refractivity contribution is 6.03. The zero-order valence-corrected chi connectivity index (χ0v) is 13.8. The Morgan fingerprint density at radius 3 is 2.15 bits per heavy atom. The van der Waals surface area contributed by atoms with Crippen LogP contribution >= 0.6 is 0 Å². The van der Waals surface area contributed by atoms with Gasteiger partial charge < -0.3 is 4.79 Å². The first-order valence-corrected chi connectivity index (χ1v) is 7.98. The van der Waals surface area contributed by atoms with Crippen LogP contribution in [-0.2, 0) is 14.4 Å². The predicted octanol–water partition coefficient (Wildman–Crippen LogP) is 3.58. The van der Waals surface area contributed by atoms with E-state index in [2.05, 4.69) is 0 Å². The van der Waals surface area contributed by atoms with Gasteiger partial charge in [0.05, 0.1) is 0 Å². The monoisotopic (exact) mass is 285 g/mol. The van der Waals surface area contributed by atoms with Crippen molar-refractivity contribution in [1.82, 2.24) is 4.90 Å². The van der Waals surface area contributed by atoms with Crippen LogP contribution in [0.2, 0.25) is 0 Å². The van der Waals surface area contributed by atoms with Gasteiger partial charge >= 0.3 is 0 Å². The molecule has 0 spiro atoms. The van der Waals surface area contributed by atoms with Gasteiger partial charge in [-0.15, -0.1) is 0 Å². The fourth-order valence-corrected chi connectivity index (χ4v) is 1.98. The van der Waals surface area contributed by atoms with Crippen molar-refractivity contribution >= 4 is 18.1 Å². The molecular weight excluding hydrogens is 254 g/mol. The first-order chi connectivity index (χ1) is 9.70. The summed E-state index contributed by atoms with van der Waals surface area (Å²) in [5, 5.41) is 0. The number of nitrogens with zero attached hydrogens (tertiary/aromatic N) is 1. The molecule has 0 saturated carbocycles. The molecule has 1 rings (SSSR count). The maximum absolute atomic E-state index is 11.7. The van der Waals surface area contributed by atoms with Crippen LogP contribution < -0.4 is 0 Å². The number of hydrogen-bond acceptors (Lipinski definition) is 3. The third-order valence-corrected chi connectivity index (χ3v) is 3.03. The Morgan fingerprint density at radius 1 is 1.10 bits per heavy atom. The van der Waals surface area contributed by atoms with Crippen molar-refractivity contribution in [3.63, 3.8) is 0 Å². The Kier molecular flexibility index (Phi) is 15.0. The van der Waals surface area contributed by atoms with Gasteiger partial charge in [0.25, 0.3) is 0 Å². The lowest BCUT2D eigenvalue weighted by molar-refractivity contribution is -0.139. The largest absolute Gasteiger partial charge is 0.303 e. The first kappa shape index (κ1) is 21.1. The lowest BCUT2D eigenvalue weighted by atomic mass is 10.1. The van der Waals surface area contributed by atoms with E-state index in [0.717, 1.165) is 32.0 Å². The third-order valence-electron chi connectivity index (χ3n) is 3.03. The quantitative estimate of drug-likeness (QED) is 0.408. The number of aldehydes is 1. The molecule has 0 bridgehead atoms. The summed E-state index contributed by atoms with van der Waals surface area (Å²) in [5.74, 6) is -0.141. The lowest BCUT2D eigenvalue weighted by Crippen LogP contribution is -2.31. The maximum atomic E-state index is 11.7. The summed E-state index contributed by atoms with van der Waals surface area (Å²) in [5.41, 5.74) is 0. The van der Waals surface area contributed by atoms with Gasteiger partial charge in [-0.05, 0) is 19.3 Å². The van der Waals surface area contributed by atoms with E-state index in [9.17, 15) is 14.4 Å².